The van der Waals surface area contributed by atoms with Gasteiger partial charge in [0.05, 0.1) is 0 Å². The van der Waals surface area contributed by atoms with Crippen LogP contribution in [0.15, 0.2) is 0 Å². The summed E-state index contributed by atoms with van der Waals surface area (Å²) in [5.41, 5.74) is 0. The quantitative estimate of drug-likeness (QED) is 0.697. The molecule has 2 nitrogen and oxygen atoms in total. The molecule has 0 spiro atoms. The van der Waals surface area contributed by atoms with E-state index in [0.717, 1.165) is 18.5 Å². The first kappa shape index (κ1) is 13.0. The molecule has 1 atom stereocenters. The van der Waals surface area contributed by atoms with Gasteiger partial charge in [-0.05, 0) is 38.8 Å². The zero-order valence-electron chi connectivity index (χ0n) is 10.8. The fourth-order valence-electron chi connectivity index (χ4n) is 2.61. The van der Waals surface area contributed by atoms with Crippen molar-refractivity contribution in [1.29, 1.82) is 0 Å². The highest BCUT2D eigenvalue weighted by Gasteiger charge is 2.20. The molecule has 0 aromatic heterocycles. The zero-order valence-corrected chi connectivity index (χ0v) is 10.8. The Kier molecular flexibility index (Phi) is 6.26. The number of hydrogen-bond donors (Lipinski definition) is 1. The molecule has 1 saturated carbocycles. The molecule has 1 fully saturated rings. The van der Waals surface area contributed by atoms with Gasteiger partial charge in [0.15, 0.2) is 0 Å². The minimum atomic E-state index is 0.725. The van der Waals surface area contributed by atoms with Crippen LogP contribution in [0.3, 0.4) is 0 Å². The van der Waals surface area contributed by atoms with Crippen molar-refractivity contribution in [3.05, 3.63) is 0 Å². The fraction of sp³-hybridized carbons (Fsp3) is 1.00. The van der Waals surface area contributed by atoms with Crippen molar-refractivity contribution in [2.75, 3.05) is 26.2 Å². The molecule has 0 aromatic rings. The molecule has 0 aromatic carbocycles. The fourth-order valence-corrected chi connectivity index (χ4v) is 2.61. The van der Waals surface area contributed by atoms with Crippen LogP contribution < -0.4 is 5.32 Å². The number of hydrogen-bond acceptors (Lipinski definition) is 2. The van der Waals surface area contributed by atoms with Gasteiger partial charge in [0.25, 0.3) is 0 Å². The largest absolute Gasteiger partial charge is 0.313 e. The lowest BCUT2D eigenvalue weighted by Crippen LogP contribution is -2.38. The first-order valence-corrected chi connectivity index (χ1v) is 6.73. The van der Waals surface area contributed by atoms with E-state index >= 15 is 0 Å². The van der Waals surface area contributed by atoms with Gasteiger partial charge in [-0.15, -0.1) is 0 Å². The Labute approximate surface area is 95.4 Å². The van der Waals surface area contributed by atoms with E-state index in [1.54, 1.807) is 0 Å². The summed E-state index contributed by atoms with van der Waals surface area (Å²) in [5, 5.41) is 3.68. The van der Waals surface area contributed by atoms with Crippen molar-refractivity contribution in [2.24, 2.45) is 5.92 Å². The van der Waals surface area contributed by atoms with Crippen molar-refractivity contribution in [3.63, 3.8) is 0 Å². The zero-order chi connectivity index (χ0) is 11.1. The Bertz CT molecular complexity index is 149. The van der Waals surface area contributed by atoms with Crippen molar-refractivity contribution in [2.45, 2.75) is 52.5 Å². The third kappa shape index (κ3) is 4.52. The summed E-state index contributed by atoms with van der Waals surface area (Å²) in [5.74, 6) is 0.946. The Morgan fingerprint density at radius 3 is 2.33 bits per heavy atom. The van der Waals surface area contributed by atoms with E-state index in [-0.39, 0.29) is 0 Å². The van der Waals surface area contributed by atoms with Crippen LogP contribution in [0.2, 0.25) is 0 Å². The molecular formula is C13H28N2. The molecule has 0 amide bonds. The summed E-state index contributed by atoms with van der Waals surface area (Å²) in [7, 11) is 0. The lowest BCUT2D eigenvalue weighted by atomic mass is 10.00. The summed E-state index contributed by atoms with van der Waals surface area (Å²) in [6.07, 6.45) is 5.79. The van der Waals surface area contributed by atoms with Crippen molar-refractivity contribution in [3.8, 4) is 0 Å². The Hall–Kier alpha value is -0.0800. The van der Waals surface area contributed by atoms with E-state index < -0.39 is 0 Å². The second-order valence-electron chi connectivity index (χ2n) is 4.81. The third-order valence-electron chi connectivity index (χ3n) is 3.90. The van der Waals surface area contributed by atoms with E-state index in [2.05, 4.69) is 31.0 Å². The Morgan fingerprint density at radius 2 is 1.80 bits per heavy atom. The molecule has 1 aliphatic carbocycles. The predicted molar refractivity (Wildman–Crippen MR) is 67.2 cm³/mol. The maximum absolute atomic E-state index is 3.68. The van der Waals surface area contributed by atoms with Crippen molar-refractivity contribution >= 4 is 0 Å². The molecule has 0 heterocycles. The van der Waals surface area contributed by atoms with E-state index in [1.165, 1.54) is 45.3 Å². The normalized spacial score (nSPS) is 20.0. The van der Waals surface area contributed by atoms with Crippen LogP contribution in [0, 0.1) is 5.92 Å². The number of nitrogens with zero attached hydrogens (tertiary/aromatic N) is 1. The average molecular weight is 212 g/mol. The summed E-state index contributed by atoms with van der Waals surface area (Å²) < 4.78 is 0. The highest BCUT2D eigenvalue weighted by molar-refractivity contribution is 4.77. The first-order chi connectivity index (χ1) is 7.27. The lowest BCUT2D eigenvalue weighted by molar-refractivity contribution is 0.285. The molecule has 0 saturated heterocycles. The summed E-state index contributed by atoms with van der Waals surface area (Å²) in [6.45, 7) is 11.5. The van der Waals surface area contributed by atoms with Gasteiger partial charge in [-0.1, -0.05) is 26.7 Å². The second kappa shape index (κ2) is 7.24. The van der Waals surface area contributed by atoms with E-state index in [0.29, 0.717) is 0 Å². The molecule has 2 heteroatoms. The molecular weight excluding hydrogens is 184 g/mol. The Morgan fingerprint density at radius 1 is 1.20 bits per heavy atom. The third-order valence-corrected chi connectivity index (χ3v) is 3.90. The summed E-state index contributed by atoms with van der Waals surface area (Å²) in [6, 6.07) is 0.725. The molecule has 1 N–H and O–H groups in total. The van der Waals surface area contributed by atoms with Crippen LogP contribution in [-0.2, 0) is 0 Å². The minimum Gasteiger partial charge on any atom is -0.313 e. The standard InChI is InChI=1S/C13H28N2/c1-4-15(5-2)11-10-14-12(3)13-8-6-7-9-13/h12-14H,4-11H2,1-3H3. The molecule has 0 bridgehead atoms. The van der Waals surface area contributed by atoms with Gasteiger partial charge in [0.1, 0.15) is 0 Å². The lowest BCUT2D eigenvalue weighted by Gasteiger charge is -2.23. The second-order valence-corrected chi connectivity index (χ2v) is 4.81. The first-order valence-electron chi connectivity index (χ1n) is 6.73. The van der Waals surface area contributed by atoms with Crippen LogP contribution >= 0.6 is 0 Å². The summed E-state index contributed by atoms with van der Waals surface area (Å²) in [4.78, 5) is 2.48. The molecule has 0 radical (unpaired) electrons. The van der Waals surface area contributed by atoms with Crippen LogP contribution in [0.5, 0.6) is 0 Å². The smallest absolute Gasteiger partial charge is 0.0107 e. The van der Waals surface area contributed by atoms with Crippen molar-refractivity contribution in [1.82, 2.24) is 10.2 Å². The molecule has 1 aliphatic rings. The van der Waals surface area contributed by atoms with Gasteiger partial charge >= 0.3 is 0 Å². The topological polar surface area (TPSA) is 15.3 Å². The van der Waals surface area contributed by atoms with E-state index in [9.17, 15) is 0 Å². The van der Waals surface area contributed by atoms with Gasteiger partial charge < -0.3 is 10.2 Å². The Balaban J connectivity index is 2.07. The number of nitrogens with one attached hydrogen (secondary N) is 1. The van der Waals surface area contributed by atoms with Gasteiger partial charge in [0.2, 0.25) is 0 Å². The van der Waals surface area contributed by atoms with Crippen LogP contribution in [0.1, 0.15) is 46.5 Å². The monoisotopic (exact) mass is 212 g/mol. The SMILES string of the molecule is CCN(CC)CCNC(C)C1CCCC1. The van der Waals surface area contributed by atoms with E-state index in [4.69, 9.17) is 0 Å². The molecule has 90 valence electrons. The van der Waals surface area contributed by atoms with Gasteiger partial charge in [-0.25, -0.2) is 0 Å². The van der Waals surface area contributed by atoms with Crippen molar-refractivity contribution < 1.29 is 0 Å². The minimum absolute atomic E-state index is 0.725. The van der Waals surface area contributed by atoms with Crippen LogP contribution in [0.4, 0.5) is 0 Å². The highest BCUT2D eigenvalue weighted by Crippen LogP contribution is 2.27. The molecule has 0 aliphatic heterocycles. The van der Waals surface area contributed by atoms with Gasteiger partial charge in [-0.3, -0.25) is 0 Å². The molecule has 1 unspecified atom stereocenters. The summed E-state index contributed by atoms with van der Waals surface area (Å²) >= 11 is 0. The maximum atomic E-state index is 3.68. The molecule has 15 heavy (non-hydrogen) atoms. The van der Waals surface area contributed by atoms with Gasteiger partial charge in [-0.2, -0.15) is 0 Å². The number of rotatable bonds is 7. The van der Waals surface area contributed by atoms with Crippen LogP contribution in [-0.4, -0.2) is 37.1 Å². The molecule has 1 rings (SSSR count). The predicted octanol–water partition coefficient (Wildman–Crippen LogP) is 2.50. The van der Waals surface area contributed by atoms with Gasteiger partial charge in [0, 0.05) is 19.1 Å². The van der Waals surface area contributed by atoms with Crippen LogP contribution in [0.25, 0.3) is 0 Å². The van der Waals surface area contributed by atoms with E-state index in [1.807, 2.05) is 0 Å². The highest BCUT2D eigenvalue weighted by atomic mass is 15.1. The number of likely N-dealkylation sites (N-methyl/N-ethyl adjacent to an activating group) is 1. The average Bonchev–Trinajstić information content (AvgIpc) is 2.77. The maximum Gasteiger partial charge on any atom is 0.0107 e.